The number of hydrogen-bond acceptors (Lipinski definition) is 0. The molecule has 1 heteroatoms. The minimum Gasteiger partial charge on any atom is -0.255 e. The number of alkyl halides is 1. The third-order valence-electron chi connectivity index (χ3n) is 1.44. The van der Waals surface area contributed by atoms with Crippen molar-refractivity contribution in [1.29, 1.82) is 0 Å². The number of benzene rings is 1. The van der Waals surface area contributed by atoms with Crippen LogP contribution in [0.15, 0.2) is 37.4 Å². The van der Waals surface area contributed by atoms with Crippen molar-refractivity contribution in [1.82, 2.24) is 0 Å². The van der Waals surface area contributed by atoms with Gasteiger partial charge >= 0.3 is 0 Å². The Hall–Kier alpha value is -1.37. The first-order valence-electron chi connectivity index (χ1n) is 3.60. The molecule has 0 radical (unpaired) electrons. The molecule has 0 nitrogen and oxygen atoms in total. The maximum absolute atomic E-state index is 9.50. The Kier molecular flexibility index (Phi) is 5.62. The summed E-state index contributed by atoms with van der Waals surface area (Å²) in [5, 5.41) is 0. The number of halogens is 1. The van der Waals surface area contributed by atoms with Crippen molar-refractivity contribution >= 4 is 12.2 Å². The molecule has 0 saturated heterocycles. The Bertz CT molecular complexity index is 224. The topological polar surface area (TPSA) is 0 Å². The fourth-order valence-corrected chi connectivity index (χ4v) is 0.883. The normalized spacial score (nSPS) is 7.83. The van der Waals surface area contributed by atoms with Gasteiger partial charge in [0.15, 0.2) is 0 Å². The molecule has 0 aliphatic carbocycles. The second kappa shape index (κ2) is 6.35. The predicted molar refractivity (Wildman–Crippen MR) is 53.7 cm³/mol. The van der Waals surface area contributed by atoms with Crippen LogP contribution in [-0.2, 0) is 0 Å². The van der Waals surface area contributed by atoms with Crippen molar-refractivity contribution < 1.29 is 4.39 Å². The van der Waals surface area contributed by atoms with E-state index >= 15 is 0 Å². The molecular formula is C11H13F. The second-order valence-electron chi connectivity index (χ2n) is 2.04. The van der Waals surface area contributed by atoms with Crippen molar-refractivity contribution in [2.24, 2.45) is 0 Å². The molecule has 0 spiro atoms. The molecular weight excluding hydrogens is 151 g/mol. The highest BCUT2D eigenvalue weighted by Crippen LogP contribution is 2.10. The van der Waals surface area contributed by atoms with Crippen molar-refractivity contribution in [3.63, 3.8) is 0 Å². The smallest absolute Gasteiger partial charge is 0.0785 e. The average Bonchev–Trinajstić information content (AvgIpc) is 2.20. The van der Waals surface area contributed by atoms with Gasteiger partial charge in [0.2, 0.25) is 0 Å². The Morgan fingerprint density at radius 2 is 1.33 bits per heavy atom. The summed E-state index contributed by atoms with van der Waals surface area (Å²) in [6.45, 7) is 7.38. The van der Waals surface area contributed by atoms with Gasteiger partial charge in [0.1, 0.15) is 0 Å². The van der Waals surface area contributed by atoms with E-state index in [1.807, 2.05) is 36.4 Å². The maximum Gasteiger partial charge on any atom is 0.0785 e. The van der Waals surface area contributed by atoms with E-state index in [4.69, 9.17) is 0 Å². The van der Waals surface area contributed by atoms with E-state index in [-0.39, 0.29) is 0 Å². The van der Waals surface area contributed by atoms with Gasteiger partial charge in [-0.15, -0.1) is 0 Å². The zero-order chi connectivity index (χ0) is 9.40. The molecule has 0 aliphatic heterocycles. The minimum atomic E-state index is 0.500. The van der Waals surface area contributed by atoms with Crippen LogP contribution in [-0.4, -0.2) is 7.18 Å². The fraction of sp³-hybridized carbons (Fsp3) is 0.0909. The fourth-order valence-electron chi connectivity index (χ4n) is 0.883. The highest BCUT2D eigenvalue weighted by Gasteiger charge is 1.89. The van der Waals surface area contributed by atoms with E-state index in [1.54, 1.807) is 0 Å². The molecule has 0 fully saturated rings. The van der Waals surface area contributed by atoms with Crippen LogP contribution in [0.2, 0.25) is 0 Å². The van der Waals surface area contributed by atoms with Crippen molar-refractivity contribution in [2.45, 2.75) is 0 Å². The third-order valence-corrected chi connectivity index (χ3v) is 1.44. The van der Waals surface area contributed by atoms with E-state index in [0.717, 1.165) is 11.1 Å². The van der Waals surface area contributed by atoms with Crippen LogP contribution in [0.3, 0.4) is 0 Å². The van der Waals surface area contributed by atoms with Crippen LogP contribution in [0.4, 0.5) is 4.39 Å². The zero-order valence-electron chi connectivity index (χ0n) is 7.26. The van der Waals surface area contributed by atoms with Gasteiger partial charge in [-0.05, 0) is 11.1 Å². The molecule has 0 atom stereocenters. The van der Waals surface area contributed by atoms with Gasteiger partial charge in [-0.1, -0.05) is 49.6 Å². The average molecular weight is 164 g/mol. The summed E-state index contributed by atoms with van der Waals surface area (Å²) >= 11 is 0. The molecule has 0 unspecified atom stereocenters. The molecule has 0 bridgehead atoms. The van der Waals surface area contributed by atoms with Crippen LogP contribution >= 0.6 is 0 Å². The van der Waals surface area contributed by atoms with E-state index in [2.05, 4.69) is 13.2 Å². The van der Waals surface area contributed by atoms with Gasteiger partial charge in [-0.3, -0.25) is 4.39 Å². The Labute approximate surface area is 73.0 Å². The lowest BCUT2D eigenvalue weighted by Gasteiger charge is -1.96. The molecule has 0 aromatic heterocycles. The molecule has 1 aromatic carbocycles. The van der Waals surface area contributed by atoms with Crippen LogP contribution in [0.1, 0.15) is 11.1 Å². The molecule has 1 rings (SSSR count). The first kappa shape index (κ1) is 10.6. The Balaban J connectivity index is 0.000000561. The SMILES string of the molecule is C=Cc1ccccc1C=C.CF. The molecule has 0 saturated carbocycles. The number of hydrogen-bond donors (Lipinski definition) is 0. The van der Waals surface area contributed by atoms with Gasteiger partial charge in [-0.25, -0.2) is 0 Å². The lowest BCUT2D eigenvalue weighted by Crippen LogP contribution is -1.76. The van der Waals surface area contributed by atoms with Crippen LogP contribution in [0.25, 0.3) is 12.2 Å². The molecule has 0 N–H and O–H groups in total. The van der Waals surface area contributed by atoms with Gasteiger partial charge in [0, 0.05) is 0 Å². The van der Waals surface area contributed by atoms with Gasteiger partial charge < -0.3 is 0 Å². The summed E-state index contributed by atoms with van der Waals surface area (Å²) in [6, 6.07) is 8.02. The third kappa shape index (κ3) is 2.70. The lowest BCUT2D eigenvalue weighted by atomic mass is 10.1. The van der Waals surface area contributed by atoms with Crippen molar-refractivity contribution in [3.8, 4) is 0 Å². The number of rotatable bonds is 2. The summed E-state index contributed by atoms with van der Waals surface area (Å²) in [4.78, 5) is 0. The molecule has 64 valence electrons. The van der Waals surface area contributed by atoms with Crippen LogP contribution in [0.5, 0.6) is 0 Å². The summed E-state index contributed by atoms with van der Waals surface area (Å²) in [5.41, 5.74) is 2.27. The molecule has 0 aliphatic rings. The summed E-state index contributed by atoms with van der Waals surface area (Å²) in [5.74, 6) is 0. The molecule has 0 heterocycles. The Morgan fingerprint density at radius 1 is 1.00 bits per heavy atom. The first-order valence-corrected chi connectivity index (χ1v) is 3.60. The van der Waals surface area contributed by atoms with Gasteiger partial charge in [0.05, 0.1) is 7.18 Å². The minimum absolute atomic E-state index is 0.500. The Morgan fingerprint density at radius 3 is 1.58 bits per heavy atom. The van der Waals surface area contributed by atoms with Gasteiger partial charge in [-0.2, -0.15) is 0 Å². The summed E-state index contributed by atoms with van der Waals surface area (Å²) in [6.07, 6.45) is 3.66. The van der Waals surface area contributed by atoms with Crippen molar-refractivity contribution in [3.05, 3.63) is 48.6 Å². The summed E-state index contributed by atoms with van der Waals surface area (Å²) < 4.78 is 9.50. The molecule has 0 amide bonds. The second-order valence-corrected chi connectivity index (χ2v) is 2.04. The molecule has 1 aromatic rings. The standard InChI is InChI=1S/C10H10.CH3F/c1-3-9-7-5-6-8-10(9)4-2;1-2/h3-8H,1-2H2;1H3. The highest BCUT2D eigenvalue weighted by atomic mass is 19.1. The van der Waals surface area contributed by atoms with E-state index in [9.17, 15) is 4.39 Å². The van der Waals surface area contributed by atoms with Crippen LogP contribution < -0.4 is 0 Å². The van der Waals surface area contributed by atoms with E-state index < -0.39 is 0 Å². The zero-order valence-corrected chi connectivity index (χ0v) is 7.26. The first-order chi connectivity index (χ1) is 5.88. The summed E-state index contributed by atoms with van der Waals surface area (Å²) in [7, 11) is 0.500. The largest absolute Gasteiger partial charge is 0.255 e. The lowest BCUT2D eigenvalue weighted by molar-refractivity contribution is 0.636. The van der Waals surface area contributed by atoms with E-state index in [0.29, 0.717) is 7.18 Å². The predicted octanol–water partition coefficient (Wildman–Crippen LogP) is 3.56. The molecule has 12 heavy (non-hydrogen) atoms. The van der Waals surface area contributed by atoms with E-state index in [1.165, 1.54) is 0 Å². The quantitative estimate of drug-likeness (QED) is 0.627. The van der Waals surface area contributed by atoms with Gasteiger partial charge in [0.25, 0.3) is 0 Å². The van der Waals surface area contributed by atoms with Crippen molar-refractivity contribution in [2.75, 3.05) is 7.18 Å². The maximum atomic E-state index is 9.50. The highest BCUT2D eigenvalue weighted by molar-refractivity contribution is 5.63. The monoisotopic (exact) mass is 164 g/mol. The van der Waals surface area contributed by atoms with Crippen LogP contribution in [0, 0.1) is 0 Å².